The largest absolute Gasteiger partial charge is 0.385 e. The van der Waals surface area contributed by atoms with Gasteiger partial charge in [-0.3, -0.25) is 0 Å². The Morgan fingerprint density at radius 1 is 1.12 bits per heavy atom. The summed E-state index contributed by atoms with van der Waals surface area (Å²) < 4.78 is 26.7. The zero-order valence-electron chi connectivity index (χ0n) is 9.76. The first-order valence-corrected chi connectivity index (χ1v) is 5.72. The van der Waals surface area contributed by atoms with Crippen molar-refractivity contribution in [2.45, 2.75) is 45.1 Å². The average molecular weight is 228 g/mol. The lowest BCUT2D eigenvalue weighted by molar-refractivity contribution is 0.0130. The molecule has 0 spiro atoms. The fourth-order valence-electron chi connectivity index (χ4n) is 2.08. The highest BCUT2D eigenvalue weighted by atomic mass is 19.2. The van der Waals surface area contributed by atoms with Gasteiger partial charge < -0.3 is 5.11 Å². The van der Waals surface area contributed by atoms with Gasteiger partial charge in [-0.25, -0.2) is 8.78 Å². The number of hydrogen-bond donors (Lipinski definition) is 1. The summed E-state index contributed by atoms with van der Waals surface area (Å²) in [4.78, 5) is 0. The maximum absolute atomic E-state index is 13.6. The van der Waals surface area contributed by atoms with E-state index in [1.54, 1.807) is 0 Å². The van der Waals surface area contributed by atoms with Crippen molar-refractivity contribution < 1.29 is 13.9 Å². The van der Waals surface area contributed by atoms with Crippen LogP contribution in [0.15, 0.2) is 18.2 Å². The molecule has 0 unspecified atom stereocenters. The summed E-state index contributed by atoms with van der Waals surface area (Å²) in [5.74, 6) is -1.82. The summed E-state index contributed by atoms with van der Waals surface area (Å²) in [7, 11) is 0. The van der Waals surface area contributed by atoms with Crippen LogP contribution in [-0.2, 0) is 5.60 Å². The van der Waals surface area contributed by atoms with Crippen LogP contribution in [0, 0.1) is 11.6 Å². The Morgan fingerprint density at radius 2 is 1.69 bits per heavy atom. The Balaban J connectivity index is 3.15. The smallest absolute Gasteiger partial charge is 0.164 e. The molecule has 0 heterocycles. The van der Waals surface area contributed by atoms with E-state index in [9.17, 15) is 13.9 Å². The zero-order valence-corrected chi connectivity index (χ0v) is 9.76. The van der Waals surface area contributed by atoms with Gasteiger partial charge in [0.2, 0.25) is 0 Å². The van der Waals surface area contributed by atoms with Crippen LogP contribution >= 0.6 is 0 Å². The molecule has 0 amide bonds. The maximum atomic E-state index is 13.6. The van der Waals surface area contributed by atoms with Gasteiger partial charge >= 0.3 is 0 Å². The molecule has 1 nitrogen and oxygen atoms in total. The summed E-state index contributed by atoms with van der Waals surface area (Å²) >= 11 is 0. The van der Waals surface area contributed by atoms with Crippen LogP contribution in [0.4, 0.5) is 8.78 Å². The van der Waals surface area contributed by atoms with E-state index < -0.39 is 17.2 Å². The maximum Gasteiger partial charge on any atom is 0.164 e. The van der Waals surface area contributed by atoms with Gasteiger partial charge in [-0.2, -0.15) is 0 Å². The summed E-state index contributed by atoms with van der Waals surface area (Å²) in [6.45, 7) is 3.83. The van der Waals surface area contributed by atoms with Gasteiger partial charge in [0, 0.05) is 5.56 Å². The lowest BCUT2D eigenvalue weighted by atomic mass is 9.85. The third-order valence-electron chi connectivity index (χ3n) is 2.78. The highest BCUT2D eigenvalue weighted by Gasteiger charge is 2.31. The third-order valence-corrected chi connectivity index (χ3v) is 2.78. The molecule has 90 valence electrons. The summed E-state index contributed by atoms with van der Waals surface area (Å²) in [6.07, 6.45) is 2.35. The van der Waals surface area contributed by atoms with Gasteiger partial charge in [0.05, 0.1) is 5.60 Å². The van der Waals surface area contributed by atoms with E-state index in [0.717, 1.165) is 18.9 Å². The van der Waals surface area contributed by atoms with E-state index in [1.807, 2.05) is 13.8 Å². The van der Waals surface area contributed by atoms with Crippen molar-refractivity contribution >= 4 is 0 Å². The van der Waals surface area contributed by atoms with E-state index in [0.29, 0.717) is 12.8 Å². The Kier molecular flexibility index (Phi) is 4.42. The van der Waals surface area contributed by atoms with Crippen molar-refractivity contribution in [1.29, 1.82) is 0 Å². The van der Waals surface area contributed by atoms with Crippen LogP contribution in [0.1, 0.15) is 45.1 Å². The molecule has 1 N–H and O–H groups in total. The monoisotopic (exact) mass is 228 g/mol. The van der Waals surface area contributed by atoms with Gasteiger partial charge in [0.25, 0.3) is 0 Å². The van der Waals surface area contributed by atoms with E-state index in [1.165, 1.54) is 12.1 Å². The highest BCUT2D eigenvalue weighted by molar-refractivity contribution is 5.25. The topological polar surface area (TPSA) is 20.2 Å². The van der Waals surface area contributed by atoms with Crippen molar-refractivity contribution in [3.8, 4) is 0 Å². The van der Waals surface area contributed by atoms with Gasteiger partial charge in [0.1, 0.15) is 0 Å². The minimum Gasteiger partial charge on any atom is -0.385 e. The molecule has 0 saturated carbocycles. The predicted molar refractivity (Wildman–Crippen MR) is 60.1 cm³/mol. The highest BCUT2D eigenvalue weighted by Crippen LogP contribution is 2.33. The number of benzene rings is 1. The molecule has 0 aliphatic rings. The van der Waals surface area contributed by atoms with E-state index >= 15 is 0 Å². The predicted octanol–water partition coefficient (Wildman–Crippen LogP) is 3.75. The van der Waals surface area contributed by atoms with Crippen molar-refractivity contribution in [2.24, 2.45) is 0 Å². The van der Waals surface area contributed by atoms with Crippen LogP contribution in [0.5, 0.6) is 0 Å². The summed E-state index contributed by atoms with van der Waals surface area (Å²) in [6, 6.07) is 3.96. The van der Waals surface area contributed by atoms with Crippen molar-refractivity contribution in [1.82, 2.24) is 0 Å². The van der Waals surface area contributed by atoms with E-state index in [4.69, 9.17) is 0 Å². The first kappa shape index (κ1) is 13.1. The number of halogens is 2. The molecule has 1 aromatic carbocycles. The van der Waals surface area contributed by atoms with Crippen LogP contribution in [-0.4, -0.2) is 5.11 Å². The Bertz CT molecular complexity index is 344. The van der Waals surface area contributed by atoms with Gasteiger partial charge in [-0.05, 0) is 18.9 Å². The number of rotatable bonds is 5. The normalized spacial score (nSPS) is 11.8. The summed E-state index contributed by atoms with van der Waals surface area (Å²) in [5.41, 5.74) is -1.16. The molecule has 0 aliphatic carbocycles. The van der Waals surface area contributed by atoms with Crippen molar-refractivity contribution in [2.75, 3.05) is 0 Å². The minimum atomic E-state index is -1.24. The molecular weight excluding hydrogens is 210 g/mol. The first-order valence-electron chi connectivity index (χ1n) is 5.72. The second kappa shape index (κ2) is 5.39. The van der Waals surface area contributed by atoms with E-state index in [2.05, 4.69) is 0 Å². The fourth-order valence-corrected chi connectivity index (χ4v) is 2.08. The molecule has 0 bridgehead atoms. The first-order chi connectivity index (χ1) is 7.55. The quantitative estimate of drug-likeness (QED) is 0.813. The molecule has 0 aliphatic heterocycles. The van der Waals surface area contributed by atoms with Crippen LogP contribution < -0.4 is 0 Å². The van der Waals surface area contributed by atoms with Gasteiger partial charge in [-0.15, -0.1) is 0 Å². The second-order valence-corrected chi connectivity index (χ2v) is 4.13. The zero-order chi connectivity index (χ0) is 12.2. The fraction of sp³-hybridized carbons (Fsp3) is 0.538. The molecule has 1 aromatic rings. The number of aliphatic hydroxyl groups is 1. The van der Waals surface area contributed by atoms with Crippen LogP contribution in [0.2, 0.25) is 0 Å². The Morgan fingerprint density at radius 3 is 2.19 bits per heavy atom. The molecule has 0 radical (unpaired) electrons. The molecule has 16 heavy (non-hydrogen) atoms. The molecule has 0 aromatic heterocycles. The molecule has 0 fully saturated rings. The molecule has 0 saturated heterocycles. The lowest BCUT2D eigenvalue weighted by Crippen LogP contribution is -2.27. The number of hydrogen-bond acceptors (Lipinski definition) is 1. The van der Waals surface area contributed by atoms with Crippen molar-refractivity contribution in [3.05, 3.63) is 35.4 Å². The third kappa shape index (κ3) is 2.59. The SMILES string of the molecule is CCCC(O)(CCC)c1cccc(F)c1F. The van der Waals surface area contributed by atoms with E-state index in [-0.39, 0.29) is 5.56 Å². The average Bonchev–Trinajstić information content (AvgIpc) is 2.22. The lowest BCUT2D eigenvalue weighted by Gasteiger charge is -2.28. The minimum absolute atomic E-state index is 0.0798. The van der Waals surface area contributed by atoms with Gasteiger partial charge in [0.15, 0.2) is 11.6 Å². The molecular formula is C13H18F2O. The van der Waals surface area contributed by atoms with Crippen LogP contribution in [0.3, 0.4) is 0 Å². The van der Waals surface area contributed by atoms with Gasteiger partial charge in [-0.1, -0.05) is 38.8 Å². The molecule has 3 heteroatoms. The standard InChI is InChI=1S/C13H18F2O/c1-3-8-13(16,9-4-2)10-6-5-7-11(14)12(10)15/h5-7,16H,3-4,8-9H2,1-2H3. The van der Waals surface area contributed by atoms with Crippen molar-refractivity contribution in [3.63, 3.8) is 0 Å². The van der Waals surface area contributed by atoms with Crippen LogP contribution in [0.25, 0.3) is 0 Å². The second-order valence-electron chi connectivity index (χ2n) is 4.13. The Hall–Kier alpha value is -0.960. The molecule has 1 rings (SSSR count). The Labute approximate surface area is 95.1 Å². The molecule has 0 atom stereocenters. The summed E-state index contributed by atoms with van der Waals surface area (Å²) in [5, 5.41) is 10.4.